The zero-order valence-corrected chi connectivity index (χ0v) is 15.0. The Morgan fingerprint density at radius 1 is 1.04 bits per heavy atom. The van der Waals surface area contributed by atoms with Crippen molar-refractivity contribution in [2.75, 3.05) is 31.2 Å². The fourth-order valence-electron chi connectivity index (χ4n) is 3.22. The zero-order valence-electron chi connectivity index (χ0n) is 15.0. The van der Waals surface area contributed by atoms with Crippen molar-refractivity contribution >= 4 is 11.6 Å². The van der Waals surface area contributed by atoms with E-state index in [2.05, 4.69) is 15.3 Å². The summed E-state index contributed by atoms with van der Waals surface area (Å²) in [5.41, 5.74) is 3.76. The van der Waals surface area contributed by atoms with Crippen LogP contribution in [0.15, 0.2) is 67.0 Å². The highest BCUT2D eigenvalue weighted by Crippen LogP contribution is 2.17. The van der Waals surface area contributed by atoms with Crippen molar-refractivity contribution in [2.24, 2.45) is 0 Å². The molecule has 4 rings (SSSR count). The van der Waals surface area contributed by atoms with Crippen LogP contribution in [0.25, 0.3) is 5.69 Å². The highest BCUT2D eigenvalue weighted by Gasteiger charge is 2.13. The minimum absolute atomic E-state index is 0.0844. The maximum atomic E-state index is 12.5. The maximum absolute atomic E-state index is 12.5. The number of aromatic nitrogens is 2. The van der Waals surface area contributed by atoms with E-state index < -0.39 is 0 Å². The fourth-order valence-corrected chi connectivity index (χ4v) is 3.22. The first-order chi connectivity index (χ1) is 13.3. The molecule has 0 saturated carbocycles. The van der Waals surface area contributed by atoms with Gasteiger partial charge in [0.15, 0.2) is 0 Å². The van der Waals surface area contributed by atoms with Crippen LogP contribution in [0, 0.1) is 0 Å². The summed E-state index contributed by atoms with van der Waals surface area (Å²) in [4.78, 5) is 14.8. The standard InChI is InChI=1S/C21H22N4O2/c26-21(17-6-8-19(9-7-17)24-12-14-27-15-13-24)22-16-18-4-1-2-5-20(18)25-11-3-10-23-25/h1-11H,12-16H2,(H,22,26). The summed E-state index contributed by atoms with van der Waals surface area (Å²) >= 11 is 0. The molecule has 0 atom stereocenters. The van der Waals surface area contributed by atoms with Gasteiger partial charge in [0.1, 0.15) is 0 Å². The summed E-state index contributed by atoms with van der Waals surface area (Å²) in [6.07, 6.45) is 3.64. The number of nitrogens with zero attached hydrogens (tertiary/aromatic N) is 3. The number of benzene rings is 2. The largest absolute Gasteiger partial charge is 0.378 e. The van der Waals surface area contributed by atoms with Crippen LogP contribution in [0.5, 0.6) is 0 Å². The van der Waals surface area contributed by atoms with Crippen LogP contribution in [0.3, 0.4) is 0 Å². The second-order valence-corrected chi connectivity index (χ2v) is 6.41. The monoisotopic (exact) mass is 362 g/mol. The van der Waals surface area contributed by atoms with E-state index >= 15 is 0 Å². The van der Waals surface area contributed by atoms with Crippen molar-refractivity contribution in [3.05, 3.63) is 78.1 Å². The Kier molecular flexibility index (Phi) is 5.16. The second kappa shape index (κ2) is 8.05. The molecule has 3 aromatic rings. The normalized spacial score (nSPS) is 14.1. The molecule has 2 aromatic carbocycles. The average molecular weight is 362 g/mol. The number of amides is 1. The maximum Gasteiger partial charge on any atom is 0.251 e. The lowest BCUT2D eigenvalue weighted by Crippen LogP contribution is -2.36. The topological polar surface area (TPSA) is 59.4 Å². The molecule has 0 spiro atoms. The first kappa shape index (κ1) is 17.3. The summed E-state index contributed by atoms with van der Waals surface area (Å²) in [5, 5.41) is 7.28. The third-order valence-corrected chi connectivity index (χ3v) is 4.69. The third kappa shape index (κ3) is 4.01. The number of carbonyl (C=O) groups is 1. The van der Waals surface area contributed by atoms with Gasteiger partial charge in [-0.25, -0.2) is 4.68 Å². The quantitative estimate of drug-likeness (QED) is 0.758. The number of para-hydroxylation sites is 1. The van der Waals surface area contributed by atoms with E-state index in [1.807, 2.05) is 60.8 Å². The van der Waals surface area contributed by atoms with Gasteiger partial charge in [-0.2, -0.15) is 5.10 Å². The lowest BCUT2D eigenvalue weighted by molar-refractivity contribution is 0.0951. The number of nitrogens with one attached hydrogen (secondary N) is 1. The number of hydrogen-bond acceptors (Lipinski definition) is 4. The number of carbonyl (C=O) groups excluding carboxylic acids is 1. The molecule has 1 amide bonds. The SMILES string of the molecule is O=C(NCc1ccccc1-n1cccn1)c1ccc(N2CCOCC2)cc1. The van der Waals surface area contributed by atoms with Crippen LogP contribution in [0.4, 0.5) is 5.69 Å². The van der Waals surface area contributed by atoms with Crippen molar-refractivity contribution in [3.8, 4) is 5.69 Å². The molecule has 1 aliphatic heterocycles. The molecule has 0 radical (unpaired) electrons. The van der Waals surface area contributed by atoms with Gasteiger partial charge >= 0.3 is 0 Å². The molecule has 0 bridgehead atoms. The molecule has 1 fully saturated rings. The number of morpholine rings is 1. The number of ether oxygens (including phenoxy) is 1. The van der Waals surface area contributed by atoms with Gasteiger partial charge < -0.3 is 15.0 Å². The summed E-state index contributed by atoms with van der Waals surface area (Å²) in [6.45, 7) is 3.71. The Hall–Kier alpha value is -3.12. The minimum atomic E-state index is -0.0844. The first-order valence-corrected chi connectivity index (χ1v) is 9.10. The van der Waals surface area contributed by atoms with Crippen molar-refractivity contribution in [1.29, 1.82) is 0 Å². The summed E-state index contributed by atoms with van der Waals surface area (Å²) < 4.78 is 7.19. The van der Waals surface area contributed by atoms with E-state index in [-0.39, 0.29) is 5.91 Å². The average Bonchev–Trinajstić information content (AvgIpc) is 3.28. The van der Waals surface area contributed by atoms with Gasteiger partial charge in [-0.05, 0) is 42.0 Å². The summed E-state index contributed by atoms with van der Waals surface area (Å²) in [6, 6.07) is 17.5. The molecule has 1 aromatic heterocycles. The molecule has 0 aliphatic carbocycles. The van der Waals surface area contributed by atoms with Gasteiger partial charge in [0, 0.05) is 43.3 Å². The predicted octanol–water partition coefficient (Wildman–Crippen LogP) is 2.64. The Labute approximate surface area is 158 Å². The van der Waals surface area contributed by atoms with Gasteiger partial charge in [-0.3, -0.25) is 4.79 Å². The molecule has 1 aliphatic rings. The Morgan fingerprint density at radius 3 is 2.56 bits per heavy atom. The molecular formula is C21H22N4O2. The molecule has 1 N–H and O–H groups in total. The Balaban J connectivity index is 1.41. The van der Waals surface area contributed by atoms with Crippen LogP contribution in [0.1, 0.15) is 15.9 Å². The van der Waals surface area contributed by atoms with Gasteiger partial charge in [0.25, 0.3) is 5.91 Å². The first-order valence-electron chi connectivity index (χ1n) is 9.10. The lowest BCUT2D eigenvalue weighted by atomic mass is 10.1. The Morgan fingerprint density at radius 2 is 1.81 bits per heavy atom. The summed E-state index contributed by atoms with van der Waals surface area (Å²) in [7, 11) is 0. The molecule has 6 nitrogen and oxygen atoms in total. The minimum Gasteiger partial charge on any atom is -0.378 e. The van der Waals surface area contributed by atoms with Gasteiger partial charge in [-0.15, -0.1) is 0 Å². The van der Waals surface area contributed by atoms with Crippen molar-refractivity contribution < 1.29 is 9.53 Å². The van der Waals surface area contributed by atoms with Crippen LogP contribution in [0.2, 0.25) is 0 Å². The zero-order chi connectivity index (χ0) is 18.5. The van der Waals surface area contributed by atoms with E-state index in [1.165, 1.54) is 0 Å². The van der Waals surface area contributed by atoms with E-state index in [4.69, 9.17) is 4.74 Å². The van der Waals surface area contributed by atoms with Crippen molar-refractivity contribution in [1.82, 2.24) is 15.1 Å². The van der Waals surface area contributed by atoms with Gasteiger partial charge in [0.2, 0.25) is 0 Å². The molecule has 0 unspecified atom stereocenters. The molecule has 27 heavy (non-hydrogen) atoms. The van der Waals surface area contributed by atoms with Crippen LogP contribution in [-0.4, -0.2) is 42.0 Å². The Bertz CT molecular complexity index is 885. The van der Waals surface area contributed by atoms with Crippen molar-refractivity contribution in [3.63, 3.8) is 0 Å². The van der Waals surface area contributed by atoms with E-state index in [9.17, 15) is 4.79 Å². The predicted molar refractivity (Wildman–Crippen MR) is 104 cm³/mol. The van der Waals surface area contributed by atoms with Crippen LogP contribution >= 0.6 is 0 Å². The number of rotatable bonds is 5. The highest BCUT2D eigenvalue weighted by molar-refractivity contribution is 5.94. The van der Waals surface area contributed by atoms with Gasteiger partial charge in [-0.1, -0.05) is 18.2 Å². The smallest absolute Gasteiger partial charge is 0.251 e. The molecule has 6 heteroatoms. The van der Waals surface area contributed by atoms with E-state index in [0.717, 1.165) is 43.2 Å². The van der Waals surface area contributed by atoms with Crippen molar-refractivity contribution in [2.45, 2.75) is 6.54 Å². The number of anilines is 1. The van der Waals surface area contributed by atoms with Crippen LogP contribution in [-0.2, 0) is 11.3 Å². The molecule has 1 saturated heterocycles. The fraction of sp³-hybridized carbons (Fsp3) is 0.238. The van der Waals surface area contributed by atoms with E-state index in [0.29, 0.717) is 12.1 Å². The highest BCUT2D eigenvalue weighted by atomic mass is 16.5. The van der Waals surface area contributed by atoms with E-state index in [1.54, 1.807) is 10.9 Å². The molecule has 138 valence electrons. The third-order valence-electron chi connectivity index (χ3n) is 4.69. The molecular weight excluding hydrogens is 340 g/mol. The molecule has 2 heterocycles. The summed E-state index contributed by atoms with van der Waals surface area (Å²) in [5.74, 6) is -0.0844. The van der Waals surface area contributed by atoms with Gasteiger partial charge in [0.05, 0.1) is 18.9 Å². The lowest BCUT2D eigenvalue weighted by Gasteiger charge is -2.28. The van der Waals surface area contributed by atoms with Crippen LogP contribution < -0.4 is 10.2 Å². The number of hydrogen-bond donors (Lipinski definition) is 1. The second-order valence-electron chi connectivity index (χ2n) is 6.41.